The lowest BCUT2D eigenvalue weighted by Gasteiger charge is -2.09. The third-order valence-electron chi connectivity index (χ3n) is 3.25. The highest BCUT2D eigenvalue weighted by Crippen LogP contribution is 2.33. The number of hydrogen-bond acceptors (Lipinski definition) is 4. The summed E-state index contributed by atoms with van der Waals surface area (Å²) >= 11 is 3.57. The van der Waals surface area contributed by atoms with Crippen molar-refractivity contribution in [1.29, 1.82) is 0 Å². The summed E-state index contributed by atoms with van der Waals surface area (Å²) in [6.45, 7) is 0.230. The Morgan fingerprint density at radius 1 is 1.14 bits per heavy atom. The van der Waals surface area contributed by atoms with Crippen molar-refractivity contribution in [1.82, 2.24) is 0 Å². The fourth-order valence-electron chi connectivity index (χ4n) is 2.14. The second-order valence-corrected chi connectivity index (χ2v) is 5.44. The highest BCUT2D eigenvalue weighted by molar-refractivity contribution is 9.10. The summed E-state index contributed by atoms with van der Waals surface area (Å²) in [6, 6.07) is 15.2. The molecule has 112 valence electrons. The van der Waals surface area contributed by atoms with Gasteiger partial charge in [-0.1, -0.05) is 30.3 Å². The van der Waals surface area contributed by atoms with Crippen LogP contribution in [-0.4, -0.2) is 13.1 Å². The summed E-state index contributed by atoms with van der Waals surface area (Å²) < 4.78 is 16.6. The van der Waals surface area contributed by atoms with Crippen LogP contribution < -0.4 is 4.74 Å². The Morgan fingerprint density at radius 2 is 1.95 bits per heavy atom. The van der Waals surface area contributed by atoms with Crippen molar-refractivity contribution < 1.29 is 18.7 Å². The first kappa shape index (κ1) is 14.7. The molecule has 0 fully saturated rings. The number of carbonyl (C=O) groups is 1. The highest BCUT2D eigenvalue weighted by atomic mass is 79.9. The Hall–Kier alpha value is -2.27. The fourth-order valence-corrected chi connectivity index (χ4v) is 2.75. The van der Waals surface area contributed by atoms with E-state index in [0.717, 1.165) is 21.0 Å². The molecule has 1 aromatic heterocycles. The van der Waals surface area contributed by atoms with Crippen molar-refractivity contribution in [2.45, 2.75) is 6.61 Å². The van der Waals surface area contributed by atoms with Crippen molar-refractivity contribution >= 4 is 32.7 Å². The average molecular weight is 361 g/mol. The second-order valence-electron chi connectivity index (χ2n) is 4.65. The topological polar surface area (TPSA) is 48.7 Å². The van der Waals surface area contributed by atoms with Gasteiger partial charge in [0.05, 0.1) is 11.6 Å². The number of methoxy groups -OCH3 is 1. The van der Waals surface area contributed by atoms with Crippen LogP contribution in [0.4, 0.5) is 0 Å². The molecule has 0 aliphatic rings. The molecular weight excluding hydrogens is 348 g/mol. The van der Waals surface area contributed by atoms with Crippen LogP contribution in [0.15, 0.2) is 57.4 Å². The smallest absolute Gasteiger partial charge is 0.373 e. The maximum absolute atomic E-state index is 11.3. The van der Waals surface area contributed by atoms with Crippen LogP contribution in [0.5, 0.6) is 5.75 Å². The molecule has 3 rings (SSSR count). The SMILES string of the molecule is COC(=O)c1ccc(COc2ccc3ccccc3c2Br)o1. The average Bonchev–Trinajstić information content (AvgIpc) is 3.03. The molecule has 0 N–H and O–H groups in total. The van der Waals surface area contributed by atoms with Crippen molar-refractivity contribution in [2.24, 2.45) is 0 Å². The van der Waals surface area contributed by atoms with Crippen LogP contribution in [0.3, 0.4) is 0 Å². The Balaban J connectivity index is 1.78. The first-order chi connectivity index (χ1) is 10.7. The number of halogens is 1. The minimum Gasteiger partial charge on any atom is -0.484 e. The summed E-state index contributed by atoms with van der Waals surface area (Å²) in [6.07, 6.45) is 0. The van der Waals surface area contributed by atoms with Crippen molar-refractivity contribution in [3.05, 3.63) is 64.5 Å². The van der Waals surface area contributed by atoms with Crippen LogP contribution in [0.1, 0.15) is 16.3 Å². The number of fused-ring (bicyclic) bond motifs is 1. The van der Waals surface area contributed by atoms with Gasteiger partial charge in [0.15, 0.2) is 0 Å². The van der Waals surface area contributed by atoms with Gasteiger partial charge >= 0.3 is 5.97 Å². The normalized spacial score (nSPS) is 10.6. The molecule has 4 nitrogen and oxygen atoms in total. The van der Waals surface area contributed by atoms with E-state index in [1.165, 1.54) is 7.11 Å². The van der Waals surface area contributed by atoms with Crippen LogP contribution in [-0.2, 0) is 11.3 Å². The van der Waals surface area contributed by atoms with Crippen LogP contribution in [0.2, 0.25) is 0 Å². The Labute approximate surface area is 135 Å². The van der Waals surface area contributed by atoms with Gasteiger partial charge < -0.3 is 13.9 Å². The zero-order valence-corrected chi connectivity index (χ0v) is 13.4. The standard InChI is InChI=1S/C17H13BrO4/c1-20-17(19)15-9-7-12(22-15)10-21-14-8-6-11-4-2-3-5-13(11)16(14)18/h2-9H,10H2,1H3. The summed E-state index contributed by atoms with van der Waals surface area (Å²) in [5.74, 6) is 0.937. The number of hydrogen-bond donors (Lipinski definition) is 0. The summed E-state index contributed by atoms with van der Waals surface area (Å²) in [4.78, 5) is 11.3. The predicted octanol–water partition coefficient (Wildman–Crippen LogP) is 4.56. The molecule has 0 unspecified atom stereocenters. The largest absolute Gasteiger partial charge is 0.484 e. The van der Waals surface area contributed by atoms with Crippen LogP contribution in [0, 0.1) is 0 Å². The van der Waals surface area contributed by atoms with E-state index in [9.17, 15) is 4.79 Å². The van der Waals surface area contributed by atoms with Crippen molar-refractivity contribution in [2.75, 3.05) is 7.11 Å². The molecule has 2 aromatic carbocycles. The van der Waals surface area contributed by atoms with Gasteiger partial charge in [-0.2, -0.15) is 0 Å². The Bertz CT molecular complexity index is 822. The highest BCUT2D eigenvalue weighted by Gasteiger charge is 2.12. The van der Waals surface area contributed by atoms with Gasteiger partial charge in [0.1, 0.15) is 18.1 Å². The minimum atomic E-state index is -0.502. The lowest BCUT2D eigenvalue weighted by molar-refractivity contribution is 0.0561. The molecule has 0 radical (unpaired) electrons. The number of esters is 1. The number of furan rings is 1. The molecule has 3 aromatic rings. The van der Waals surface area contributed by atoms with E-state index >= 15 is 0 Å². The molecule has 5 heteroatoms. The first-order valence-electron chi connectivity index (χ1n) is 6.66. The van der Waals surface area contributed by atoms with E-state index in [2.05, 4.69) is 20.7 Å². The van der Waals surface area contributed by atoms with E-state index in [-0.39, 0.29) is 12.4 Å². The fraction of sp³-hybridized carbons (Fsp3) is 0.118. The van der Waals surface area contributed by atoms with Crippen LogP contribution in [0.25, 0.3) is 10.8 Å². The molecule has 0 bridgehead atoms. The maximum atomic E-state index is 11.3. The Morgan fingerprint density at radius 3 is 2.77 bits per heavy atom. The quantitative estimate of drug-likeness (QED) is 0.639. The van der Waals surface area contributed by atoms with Gasteiger partial charge in [0.2, 0.25) is 5.76 Å². The molecule has 0 amide bonds. The Kier molecular flexibility index (Phi) is 4.15. The molecule has 0 aliphatic heterocycles. The van der Waals surface area contributed by atoms with E-state index in [4.69, 9.17) is 9.15 Å². The maximum Gasteiger partial charge on any atom is 0.373 e. The molecule has 0 atom stereocenters. The van der Waals surface area contributed by atoms with E-state index < -0.39 is 5.97 Å². The van der Waals surface area contributed by atoms with Gasteiger partial charge in [-0.05, 0) is 44.9 Å². The van der Waals surface area contributed by atoms with Gasteiger partial charge in [-0.25, -0.2) is 4.79 Å². The number of benzene rings is 2. The van der Waals surface area contributed by atoms with E-state index in [1.54, 1.807) is 12.1 Å². The third kappa shape index (κ3) is 2.85. The molecule has 1 heterocycles. The van der Waals surface area contributed by atoms with Gasteiger partial charge in [-0.15, -0.1) is 0 Å². The predicted molar refractivity (Wildman–Crippen MR) is 86.0 cm³/mol. The summed E-state index contributed by atoms with van der Waals surface area (Å²) in [7, 11) is 1.31. The number of carbonyl (C=O) groups excluding carboxylic acids is 1. The van der Waals surface area contributed by atoms with E-state index in [1.807, 2.05) is 36.4 Å². The second kappa shape index (κ2) is 6.23. The molecular formula is C17H13BrO4. The van der Waals surface area contributed by atoms with Gasteiger partial charge in [-0.3, -0.25) is 0 Å². The summed E-state index contributed by atoms with van der Waals surface area (Å²) in [5.41, 5.74) is 0. The van der Waals surface area contributed by atoms with Crippen molar-refractivity contribution in [3.8, 4) is 5.75 Å². The third-order valence-corrected chi connectivity index (χ3v) is 4.06. The minimum absolute atomic E-state index is 0.165. The first-order valence-corrected chi connectivity index (χ1v) is 7.45. The summed E-state index contributed by atoms with van der Waals surface area (Å²) in [5, 5.41) is 2.21. The van der Waals surface area contributed by atoms with Crippen molar-refractivity contribution in [3.63, 3.8) is 0 Å². The molecule has 0 aliphatic carbocycles. The molecule has 0 spiro atoms. The number of rotatable bonds is 4. The number of ether oxygens (including phenoxy) is 2. The molecule has 22 heavy (non-hydrogen) atoms. The molecule has 0 saturated heterocycles. The van der Waals surface area contributed by atoms with Gasteiger partial charge in [0, 0.05) is 0 Å². The lowest BCUT2D eigenvalue weighted by atomic mass is 10.1. The van der Waals surface area contributed by atoms with Gasteiger partial charge in [0.25, 0.3) is 0 Å². The van der Waals surface area contributed by atoms with E-state index in [0.29, 0.717) is 5.76 Å². The lowest BCUT2D eigenvalue weighted by Crippen LogP contribution is -1.99. The zero-order chi connectivity index (χ0) is 15.5. The van der Waals surface area contributed by atoms with Crippen LogP contribution >= 0.6 is 15.9 Å². The monoisotopic (exact) mass is 360 g/mol. The zero-order valence-electron chi connectivity index (χ0n) is 11.8. The molecule has 0 saturated carbocycles.